The predicted molar refractivity (Wildman–Crippen MR) is 89.7 cm³/mol. The highest BCUT2D eigenvalue weighted by Crippen LogP contribution is 2.31. The highest BCUT2D eigenvalue weighted by Gasteiger charge is 2.32. The standard InChI is InChI=1S/C17H22F3N3O3/c1-12(24)21-15(11-26-2)16(25)23-8-6-22(7-9-23)14-5-3-4-13(10-14)17(18,19)20/h3-5,10,15H,6-9,11H2,1-2H3,(H,21,24)/t15-/m0/s1/i1D3,4D,6D2,7D2,8D2,9D2. The molecule has 1 fully saturated rings. The fraction of sp³-hybridized carbons (Fsp3) is 0.529. The first kappa shape index (κ1) is 9.07. The molecule has 0 spiro atoms. The summed E-state index contributed by atoms with van der Waals surface area (Å²) >= 11 is 0. The highest BCUT2D eigenvalue weighted by atomic mass is 19.4. The molecule has 26 heavy (non-hydrogen) atoms. The van der Waals surface area contributed by atoms with Crippen LogP contribution in [0, 0.1) is 0 Å². The number of carbonyl (C=O) groups excluding carboxylic acids is 2. The van der Waals surface area contributed by atoms with Crippen LogP contribution in [-0.2, 0) is 20.5 Å². The molecule has 1 N–H and O–H groups in total. The molecular formula is C17H22F3N3O3. The minimum atomic E-state index is -5.16. The molecule has 1 aromatic carbocycles. The van der Waals surface area contributed by atoms with Gasteiger partial charge in [0, 0.05) is 49.7 Å². The predicted octanol–water partition coefficient (Wildman–Crippen LogP) is 1.51. The van der Waals surface area contributed by atoms with E-state index in [-0.39, 0.29) is 11.0 Å². The molecule has 9 heteroatoms. The Balaban J connectivity index is 2.73. The zero-order valence-corrected chi connectivity index (χ0v) is 13.3. The molecule has 0 radical (unpaired) electrons. The lowest BCUT2D eigenvalue weighted by molar-refractivity contribution is -0.137. The second kappa shape index (κ2) is 8.39. The van der Waals surface area contributed by atoms with E-state index >= 15 is 0 Å². The summed E-state index contributed by atoms with van der Waals surface area (Å²) in [5.74, 6) is -3.54. The normalized spacial score (nSPS) is 31.4. The molecule has 1 atom stereocenters. The van der Waals surface area contributed by atoms with E-state index in [9.17, 15) is 22.8 Å². The van der Waals surface area contributed by atoms with E-state index in [2.05, 4.69) is 0 Å². The van der Waals surface area contributed by atoms with Crippen molar-refractivity contribution in [1.82, 2.24) is 10.2 Å². The van der Waals surface area contributed by atoms with Gasteiger partial charge in [-0.25, -0.2) is 0 Å². The summed E-state index contributed by atoms with van der Waals surface area (Å²) in [6, 6.07) is -1.87. The number of methoxy groups -OCH3 is 1. The number of piperazine rings is 1. The fourth-order valence-corrected chi connectivity index (χ4v) is 1.91. The largest absolute Gasteiger partial charge is 0.416 e. The second-order valence-corrected chi connectivity index (χ2v) is 4.90. The Morgan fingerprint density at radius 2 is 2.12 bits per heavy atom. The van der Waals surface area contributed by atoms with E-state index in [0.717, 1.165) is 7.11 Å². The monoisotopic (exact) mass is 385 g/mol. The van der Waals surface area contributed by atoms with Crippen molar-refractivity contribution < 1.29 is 43.9 Å². The van der Waals surface area contributed by atoms with Gasteiger partial charge in [0.2, 0.25) is 11.8 Å². The summed E-state index contributed by atoms with van der Waals surface area (Å²) < 4.78 is 140. The number of nitrogens with zero attached hydrogens (tertiary/aromatic N) is 2. The van der Waals surface area contributed by atoms with Gasteiger partial charge in [0.25, 0.3) is 0 Å². The molecule has 1 aromatic rings. The number of rotatable bonds is 5. The first-order valence-corrected chi connectivity index (χ1v) is 6.99. The number of carbonyl (C=O) groups is 2. The van der Waals surface area contributed by atoms with Crippen LogP contribution in [0.3, 0.4) is 0 Å². The molecule has 2 amide bonds. The maximum absolute atomic E-state index is 13.4. The van der Waals surface area contributed by atoms with Gasteiger partial charge < -0.3 is 19.9 Å². The minimum absolute atomic E-state index is 0.145. The van der Waals surface area contributed by atoms with Crippen molar-refractivity contribution >= 4 is 17.5 Å². The Morgan fingerprint density at radius 3 is 2.69 bits per heavy atom. The van der Waals surface area contributed by atoms with Crippen molar-refractivity contribution in [3.8, 4) is 0 Å². The van der Waals surface area contributed by atoms with Gasteiger partial charge in [-0.2, -0.15) is 13.2 Å². The minimum Gasteiger partial charge on any atom is -0.382 e. The van der Waals surface area contributed by atoms with Crippen LogP contribution in [0.4, 0.5) is 18.9 Å². The highest BCUT2D eigenvalue weighted by molar-refractivity contribution is 5.87. The van der Waals surface area contributed by atoms with Crippen LogP contribution in [-0.4, -0.2) is 62.5 Å². The SMILES string of the molecule is [2H]c1ccc(N2C([2H])([2H])C([2H])([2H])N(C(=O)[C@H](COC)NC(=O)C([2H])([2H])[2H])C([2H])([2H])C2([2H])[2H])cc1C(F)(F)F. The van der Waals surface area contributed by atoms with E-state index in [4.69, 9.17) is 21.2 Å². The molecule has 1 aliphatic rings. The van der Waals surface area contributed by atoms with Gasteiger partial charge in [0.15, 0.2) is 0 Å². The molecule has 2 rings (SSSR count). The van der Waals surface area contributed by atoms with Gasteiger partial charge in [0.05, 0.1) is 24.5 Å². The number of benzene rings is 1. The lowest BCUT2D eigenvalue weighted by Gasteiger charge is -2.37. The van der Waals surface area contributed by atoms with Gasteiger partial charge in [-0.05, 0) is 18.2 Å². The first-order valence-electron chi connectivity index (χ1n) is 13.0. The van der Waals surface area contributed by atoms with Crippen LogP contribution in [0.25, 0.3) is 0 Å². The molecule has 0 aromatic heterocycles. The third-order valence-electron chi connectivity index (χ3n) is 3.05. The Hall–Kier alpha value is -2.29. The molecule has 0 aliphatic carbocycles. The molecule has 144 valence electrons. The topological polar surface area (TPSA) is 61.9 Å². The molecule has 0 saturated carbocycles. The van der Waals surface area contributed by atoms with Crippen LogP contribution in [0.15, 0.2) is 24.2 Å². The van der Waals surface area contributed by atoms with Crippen LogP contribution < -0.4 is 10.2 Å². The summed E-state index contributed by atoms with van der Waals surface area (Å²) in [4.78, 5) is 24.5. The van der Waals surface area contributed by atoms with Gasteiger partial charge >= 0.3 is 6.18 Å². The number of nitrogens with one attached hydrogen (secondary N) is 1. The van der Waals surface area contributed by atoms with E-state index in [1.807, 2.05) is 0 Å². The van der Waals surface area contributed by atoms with Gasteiger partial charge in [0.1, 0.15) is 6.04 Å². The van der Waals surface area contributed by atoms with E-state index in [0.29, 0.717) is 12.1 Å². The Bertz CT molecular complexity index is 1070. The summed E-state index contributed by atoms with van der Waals surface area (Å²) in [5, 5.41) is 1.70. The number of hydrogen-bond acceptors (Lipinski definition) is 4. The maximum atomic E-state index is 13.4. The van der Waals surface area contributed by atoms with Crippen LogP contribution >= 0.6 is 0 Å². The van der Waals surface area contributed by atoms with E-state index in [1.54, 1.807) is 5.32 Å². The Labute approximate surface area is 166 Å². The number of amides is 2. The van der Waals surface area contributed by atoms with Gasteiger partial charge in [-0.3, -0.25) is 9.59 Å². The number of halogens is 3. The van der Waals surface area contributed by atoms with E-state index < -0.39 is 85.7 Å². The smallest absolute Gasteiger partial charge is 0.382 e. The van der Waals surface area contributed by atoms with E-state index in [1.165, 1.54) is 0 Å². The molecule has 0 unspecified atom stereocenters. The van der Waals surface area contributed by atoms with Crippen molar-refractivity contribution in [2.45, 2.75) is 19.1 Å². The molecule has 1 aliphatic heterocycles. The van der Waals surface area contributed by atoms with Crippen molar-refractivity contribution in [3.63, 3.8) is 0 Å². The number of anilines is 1. The average Bonchev–Trinajstić information content (AvgIpc) is 2.71. The fourth-order valence-electron chi connectivity index (χ4n) is 1.91. The molecule has 6 nitrogen and oxygen atoms in total. The van der Waals surface area contributed by atoms with Crippen LogP contribution in [0.1, 0.15) is 28.9 Å². The third-order valence-corrected chi connectivity index (χ3v) is 3.05. The zero-order valence-electron chi connectivity index (χ0n) is 25.3. The summed E-state index contributed by atoms with van der Waals surface area (Å²) in [5.41, 5.74) is -2.64. The number of alkyl halides is 3. The number of ether oxygens (including phenoxy) is 1. The Morgan fingerprint density at radius 1 is 1.42 bits per heavy atom. The summed E-state index contributed by atoms with van der Waals surface area (Å²) in [6.45, 7) is -19.4. The maximum Gasteiger partial charge on any atom is 0.416 e. The lowest BCUT2D eigenvalue weighted by Crippen LogP contribution is -2.56. The Kier molecular flexibility index (Phi) is 2.93. The third kappa shape index (κ3) is 5.10. The molecule has 1 saturated heterocycles. The zero-order chi connectivity index (χ0) is 29.9. The molecule has 1 heterocycles. The lowest BCUT2D eigenvalue weighted by atomic mass is 10.1. The van der Waals surface area contributed by atoms with Crippen molar-refractivity contribution in [2.75, 3.05) is 44.6 Å². The quantitative estimate of drug-likeness (QED) is 0.835. The van der Waals surface area contributed by atoms with Crippen molar-refractivity contribution in [2.24, 2.45) is 0 Å². The number of hydrogen-bond donors (Lipinski definition) is 1. The summed E-state index contributed by atoms with van der Waals surface area (Å²) in [7, 11) is 0.982. The van der Waals surface area contributed by atoms with Crippen LogP contribution in [0.2, 0.25) is 0 Å². The van der Waals surface area contributed by atoms with Crippen LogP contribution in [0.5, 0.6) is 0 Å². The average molecular weight is 385 g/mol. The van der Waals surface area contributed by atoms with Gasteiger partial charge in [-0.1, -0.05) is 6.07 Å². The molecule has 0 bridgehead atoms. The van der Waals surface area contributed by atoms with Crippen molar-refractivity contribution in [3.05, 3.63) is 29.8 Å². The molecular weight excluding hydrogens is 351 g/mol. The second-order valence-electron chi connectivity index (χ2n) is 4.90. The summed E-state index contributed by atoms with van der Waals surface area (Å²) in [6.07, 6.45) is -5.16. The van der Waals surface area contributed by atoms with Crippen molar-refractivity contribution in [1.29, 1.82) is 0 Å². The van der Waals surface area contributed by atoms with Gasteiger partial charge in [-0.15, -0.1) is 0 Å². The first-order chi connectivity index (χ1) is 16.9.